The van der Waals surface area contributed by atoms with Crippen molar-refractivity contribution < 1.29 is 95.7 Å². The van der Waals surface area contributed by atoms with Gasteiger partial charge in [-0.2, -0.15) is 0 Å². The Bertz CT molecular complexity index is 7240. The van der Waals surface area contributed by atoms with E-state index in [2.05, 4.69) is 39.9 Å². The molecule has 10 atom stereocenters. The van der Waals surface area contributed by atoms with E-state index in [4.69, 9.17) is 54.8 Å². The van der Waals surface area contributed by atoms with Crippen LogP contribution in [-0.4, -0.2) is 284 Å². The summed E-state index contributed by atoms with van der Waals surface area (Å²) in [7, 11) is 13.7. The molecular weight excluding hydrogens is 1510 g/mol. The van der Waals surface area contributed by atoms with Crippen molar-refractivity contribution in [3.63, 3.8) is 0 Å². The zero-order valence-corrected chi connectivity index (χ0v) is 67.4. The summed E-state index contributed by atoms with van der Waals surface area (Å²) >= 11 is 0. The number of hydrogen-bond donors (Lipinski definition) is 16. The highest BCUT2D eigenvalue weighted by Gasteiger charge is 2.16. The van der Waals surface area contributed by atoms with Crippen molar-refractivity contribution in [2.24, 2.45) is 0 Å². The van der Waals surface area contributed by atoms with Gasteiger partial charge in [0, 0.05) is 244 Å². The van der Waals surface area contributed by atoms with Crippen LogP contribution in [0.15, 0.2) is 195 Å². The Hall–Kier alpha value is -11.8. The maximum atomic E-state index is 9.91. The number of aromatic hydroxyl groups is 8. The van der Waals surface area contributed by atoms with Gasteiger partial charge in [0.15, 0.2) is 0 Å². The molecule has 16 rings (SSSR count). The average Bonchev–Trinajstić information content (AvgIpc) is 1.61. The van der Waals surface area contributed by atoms with Gasteiger partial charge in [-0.1, -0.05) is 48.5 Å². The number of phenolic OH excluding ortho intramolecular Hbond substituents is 8. The first-order valence-electron chi connectivity index (χ1n) is 57.5. The molecule has 0 bridgehead atoms. The van der Waals surface area contributed by atoms with Crippen LogP contribution in [0.2, 0.25) is 0 Å². The van der Waals surface area contributed by atoms with E-state index in [0.29, 0.717) is 118 Å². The number of H-pyrrole nitrogens is 8. The minimum atomic E-state index is -2.66. The van der Waals surface area contributed by atoms with Crippen molar-refractivity contribution in [3.8, 4) is 46.0 Å². The number of benzene rings is 8. The first kappa shape index (κ1) is 50.9. The number of aromatic amines is 8. The third kappa shape index (κ3) is 26.1. The molecule has 16 aromatic rings. The van der Waals surface area contributed by atoms with Crippen LogP contribution in [-0.2, 0) is 51.1 Å². The van der Waals surface area contributed by atoms with Gasteiger partial charge in [-0.15, -0.1) is 0 Å². The van der Waals surface area contributed by atoms with E-state index in [0.717, 1.165) is 23.9 Å². The molecule has 0 radical (unpaired) electrons. The summed E-state index contributed by atoms with van der Waals surface area (Å²) in [6.45, 7) is -28.9. The lowest BCUT2D eigenvalue weighted by Gasteiger charge is -2.08. The van der Waals surface area contributed by atoms with Crippen LogP contribution in [0.3, 0.4) is 0 Å². The summed E-state index contributed by atoms with van der Waals surface area (Å²) in [5, 5.41) is 82.2. The van der Waals surface area contributed by atoms with Crippen LogP contribution >= 0.6 is 0 Å². The van der Waals surface area contributed by atoms with Crippen LogP contribution in [0.25, 0.3) is 87.2 Å². The maximum absolute atomic E-state index is 9.91. The quantitative estimate of drug-likeness (QED) is 0.0267. The van der Waals surface area contributed by atoms with E-state index in [-0.39, 0.29) is 79.0 Å². The fourth-order valence-electron chi connectivity index (χ4n) is 11.8. The molecule has 0 aliphatic heterocycles. The first-order valence-corrected chi connectivity index (χ1v) is 36.7. The van der Waals surface area contributed by atoms with Gasteiger partial charge in [0.25, 0.3) is 0 Å². The molecule has 16 N–H and O–H groups in total. The Labute approximate surface area is 761 Å². The topological polar surface area (TPSA) is 314 Å². The smallest absolute Gasteiger partial charge is 0.125 e. The van der Waals surface area contributed by atoms with E-state index < -0.39 is 145 Å². The minimum absolute atomic E-state index is 0.0136. The molecule has 0 aliphatic rings. The molecule has 0 fully saturated rings. The molecule has 0 aliphatic carbocycles. The number of rotatable bonds is 24. The fraction of sp³-hybridized carbons (Fsp3) is 0.333. The van der Waals surface area contributed by atoms with Crippen molar-refractivity contribution in [2.75, 3.05) is 164 Å². The van der Waals surface area contributed by atoms with Crippen molar-refractivity contribution in [1.29, 1.82) is 0 Å². The largest absolute Gasteiger partial charge is 0.507 e. The highest BCUT2D eigenvalue weighted by Crippen LogP contribution is 2.35. The number of aromatic nitrogens is 8. The molecule has 8 aromatic heterocycles. The van der Waals surface area contributed by atoms with Gasteiger partial charge in [0.1, 0.15) is 46.0 Å². The lowest BCUT2D eigenvalue weighted by atomic mass is 10.1. The van der Waals surface area contributed by atoms with E-state index in [1.54, 1.807) is 131 Å². The van der Waals surface area contributed by atoms with Gasteiger partial charge in [-0.05, 0) is 305 Å². The van der Waals surface area contributed by atoms with Crippen LogP contribution in [0, 0.1) is 0 Å². The standard InChI is InChI=1S/8C12H16N2O/c8*1-14(2)7-6-9-8-13-10-4-3-5-11(15)12(9)10/h8*3-5,8,13,15H,6-7H2,1-2H3/i2*1D3,6D2,7D;2*1D3,6D,7D2;2*1D3,6D,7D;6D2,7D;6D,7D2. The molecule has 0 amide bonds. The molecular formula is C96H128N16O8. The minimum Gasteiger partial charge on any atom is -0.507 e. The maximum Gasteiger partial charge on any atom is 0.125 e. The molecule has 8 heterocycles. The van der Waals surface area contributed by atoms with Gasteiger partial charge < -0.3 is 120 Å². The van der Waals surface area contributed by atoms with E-state index in [9.17, 15) is 40.9 Å². The normalized spacial score (nSPS) is 20.3. The molecule has 0 spiro atoms. The predicted octanol–water partition coefficient (Wildman–Crippen LogP) is 15.8. The van der Waals surface area contributed by atoms with Crippen LogP contribution in [0.4, 0.5) is 0 Å². The van der Waals surface area contributed by atoms with Crippen LogP contribution in [0.1, 0.15) is 99.3 Å². The Morgan fingerprint density at radius 3 is 0.592 bits per heavy atom. The van der Waals surface area contributed by atoms with Crippen LogP contribution < -0.4 is 0 Å². The molecule has 24 nitrogen and oxygen atoms in total. The van der Waals surface area contributed by atoms with E-state index in [1.165, 1.54) is 130 Å². The lowest BCUT2D eigenvalue weighted by molar-refractivity contribution is 0.414. The van der Waals surface area contributed by atoms with Gasteiger partial charge in [0.05, 0.1) is 0 Å². The molecule has 0 saturated carbocycles. The number of fused-ring (bicyclic) bond motifs is 8. The SMILES string of the molecule is [2H]C(N(C)C([2H])([2H])[2H])C([2H])([2H])c1c[nH]c2cccc(O)c12.[2H]C(N(C)C([2H])([2H])[2H])C([2H])([2H])c1c[nH]c2cccc(O)c12.[2H]C(N(C)C)C([2H])([2H])c1c[nH]c2cccc(O)c12.[2H]C(c1c[nH]c2cccc(O)c12)C([2H])([2H])N(C)C.[2H]C(c1c[nH]c2cccc(O)c12)C([2H])([2H])N(C)C([2H])([2H])[2H].[2H]C(c1c[nH]c2cccc(O)c12)C([2H])([2H])N(C)C([2H])([2H])[2H].[2H]C(c1c[nH]c2cccc(O)c12)C([2H])N(C)C([2H])([2H])[2H].[2H]C(c1c[nH]c2cccc(O)c12)C([2H])N(C)C([2H])([2H])[2H]. The van der Waals surface area contributed by atoms with Crippen molar-refractivity contribution in [2.45, 2.75) is 51.1 Å². The molecule has 10 unspecified atom stereocenters. The Balaban J connectivity index is 0.000000202. The second-order valence-corrected chi connectivity index (χ2v) is 27.1. The third-order valence-corrected chi connectivity index (χ3v) is 17.2. The predicted molar refractivity (Wildman–Crippen MR) is 498 cm³/mol. The lowest BCUT2D eigenvalue weighted by Crippen LogP contribution is -2.14. The summed E-state index contributed by atoms with van der Waals surface area (Å²) in [5.74, 6) is -0.261. The molecule has 640 valence electrons. The van der Waals surface area contributed by atoms with Gasteiger partial charge in [0.2, 0.25) is 0 Å². The van der Waals surface area contributed by atoms with Crippen LogP contribution in [0.5, 0.6) is 46.0 Å². The van der Waals surface area contributed by atoms with E-state index in [1.807, 2.05) is 0 Å². The van der Waals surface area contributed by atoms with Crippen molar-refractivity contribution in [3.05, 3.63) is 240 Å². The summed E-state index contributed by atoms with van der Waals surface area (Å²) in [4.78, 5) is 30.2. The summed E-state index contributed by atoms with van der Waals surface area (Å²) in [5.41, 5.74) is 7.00. The number of phenols is 8. The highest BCUT2D eigenvalue weighted by molar-refractivity contribution is 5.94. The summed E-state index contributed by atoms with van der Waals surface area (Å²) in [6, 6.07) is 38.7. The summed E-state index contributed by atoms with van der Waals surface area (Å²) in [6.07, 6.45) is -0.984. The molecule has 120 heavy (non-hydrogen) atoms. The number of nitrogens with zero attached hydrogens (tertiary/aromatic N) is 8. The van der Waals surface area contributed by atoms with Crippen molar-refractivity contribution in [1.82, 2.24) is 79.1 Å². The zero-order valence-electron chi connectivity index (χ0n) is 107. The molecule has 0 saturated heterocycles. The third-order valence-electron chi connectivity index (χ3n) is 17.2. The molecule has 24 heteroatoms. The van der Waals surface area contributed by atoms with Gasteiger partial charge in [-0.25, -0.2) is 0 Å². The molecule has 8 aromatic carbocycles. The summed E-state index contributed by atoms with van der Waals surface area (Å²) < 4.78 is 308. The monoisotopic (exact) mass is 1670 g/mol. The number of aryl methyl sites for hydroxylation is 8. The van der Waals surface area contributed by atoms with E-state index >= 15 is 0 Å². The first-order chi connectivity index (χ1) is 73.4. The van der Waals surface area contributed by atoms with Gasteiger partial charge in [-0.3, -0.25) is 0 Å². The van der Waals surface area contributed by atoms with Crippen molar-refractivity contribution >= 4 is 87.2 Å². The number of likely N-dealkylation sites (N-methyl/N-ethyl adjacent to an activating group) is 8. The average molecular weight is 1670 g/mol. The Kier molecular flexibility index (Phi) is 19.0. The Morgan fingerprint density at radius 1 is 0.217 bits per heavy atom. The second kappa shape index (κ2) is 44.8. The number of hydrogen-bond acceptors (Lipinski definition) is 16. The number of nitrogens with one attached hydrogen (secondary N) is 8. The fourth-order valence-corrected chi connectivity index (χ4v) is 11.8. The zero-order chi connectivity index (χ0) is 121. The Morgan fingerprint density at radius 2 is 0.392 bits per heavy atom. The second-order valence-electron chi connectivity index (χ2n) is 27.1. The van der Waals surface area contributed by atoms with Gasteiger partial charge >= 0.3 is 0 Å². The highest BCUT2D eigenvalue weighted by atomic mass is 16.3.